The Bertz CT molecular complexity index is 462. The standard InChI is InChI=1S/C13H18FN3O/c1-9(15)11-7-10(14)3-4-12(11)17-6-5-16(2)13(18)8-17/h3-4,7,9H,5-6,8,15H2,1-2H3. The van der Waals surface area contributed by atoms with E-state index in [9.17, 15) is 9.18 Å². The van der Waals surface area contributed by atoms with Crippen LogP contribution < -0.4 is 10.6 Å². The third-order valence-corrected chi connectivity index (χ3v) is 3.28. The summed E-state index contributed by atoms with van der Waals surface area (Å²) in [6.45, 7) is 3.56. The van der Waals surface area contributed by atoms with Crippen LogP contribution in [0.25, 0.3) is 0 Å². The number of rotatable bonds is 2. The van der Waals surface area contributed by atoms with Gasteiger partial charge in [0.25, 0.3) is 0 Å². The molecule has 1 aromatic rings. The molecule has 1 amide bonds. The van der Waals surface area contributed by atoms with Crippen LogP contribution in [0.4, 0.5) is 10.1 Å². The zero-order valence-corrected chi connectivity index (χ0v) is 10.7. The van der Waals surface area contributed by atoms with E-state index in [0.29, 0.717) is 13.1 Å². The minimum Gasteiger partial charge on any atom is -0.360 e. The number of amides is 1. The zero-order valence-electron chi connectivity index (χ0n) is 10.7. The molecular weight excluding hydrogens is 233 g/mol. The lowest BCUT2D eigenvalue weighted by atomic mass is 10.0. The van der Waals surface area contributed by atoms with Gasteiger partial charge in [-0.25, -0.2) is 4.39 Å². The second-order valence-corrected chi connectivity index (χ2v) is 4.73. The van der Waals surface area contributed by atoms with Gasteiger partial charge in [-0.05, 0) is 30.7 Å². The number of hydrogen-bond donors (Lipinski definition) is 1. The number of nitrogens with two attached hydrogens (primary N) is 1. The molecule has 0 aromatic heterocycles. The molecule has 0 radical (unpaired) electrons. The Morgan fingerprint density at radius 2 is 2.11 bits per heavy atom. The SMILES string of the molecule is CC(N)c1cc(F)ccc1N1CCN(C)C(=O)C1. The average molecular weight is 251 g/mol. The number of benzene rings is 1. The summed E-state index contributed by atoms with van der Waals surface area (Å²) in [5.41, 5.74) is 7.46. The number of nitrogens with zero attached hydrogens (tertiary/aromatic N) is 2. The lowest BCUT2D eigenvalue weighted by Gasteiger charge is -2.35. The highest BCUT2D eigenvalue weighted by molar-refractivity contribution is 5.83. The summed E-state index contributed by atoms with van der Waals surface area (Å²) < 4.78 is 13.3. The van der Waals surface area contributed by atoms with Gasteiger partial charge in [-0.1, -0.05) is 0 Å². The first-order valence-electron chi connectivity index (χ1n) is 6.03. The second-order valence-electron chi connectivity index (χ2n) is 4.73. The van der Waals surface area contributed by atoms with E-state index in [1.807, 2.05) is 11.8 Å². The molecule has 1 aliphatic heterocycles. The second kappa shape index (κ2) is 4.94. The number of piperazine rings is 1. The van der Waals surface area contributed by atoms with Crippen LogP contribution in [0.2, 0.25) is 0 Å². The molecule has 2 rings (SSSR count). The summed E-state index contributed by atoms with van der Waals surface area (Å²) in [6, 6.07) is 4.30. The van der Waals surface area contributed by atoms with Gasteiger partial charge in [0.1, 0.15) is 5.82 Å². The zero-order chi connectivity index (χ0) is 13.3. The molecule has 2 N–H and O–H groups in total. The maximum absolute atomic E-state index is 13.3. The molecule has 0 aliphatic carbocycles. The number of anilines is 1. The molecule has 1 aromatic carbocycles. The van der Waals surface area contributed by atoms with Gasteiger partial charge >= 0.3 is 0 Å². The van der Waals surface area contributed by atoms with E-state index in [0.717, 1.165) is 17.8 Å². The molecule has 1 saturated heterocycles. The Hall–Kier alpha value is -1.62. The number of hydrogen-bond acceptors (Lipinski definition) is 3. The first-order valence-corrected chi connectivity index (χ1v) is 6.03. The van der Waals surface area contributed by atoms with Crippen molar-refractivity contribution in [2.24, 2.45) is 5.73 Å². The Morgan fingerprint density at radius 3 is 2.72 bits per heavy atom. The molecule has 1 atom stereocenters. The van der Waals surface area contributed by atoms with Gasteiger partial charge in [-0.3, -0.25) is 4.79 Å². The topological polar surface area (TPSA) is 49.6 Å². The fraction of sp³-hybridized carbons (Fsp3) is 0.462. The van der Waals surface area contributed by atoms with E-state index >= 15 is 0 Å². The van der Waals surface area contributed by atoms with E-state index in [1.165, 1.54) is 12.1 Å². The highest BCUT2D eigenvalue weighted by atomic mass is 19.1. The van der Waals surface area contributed by atoms with E-state index in [4.69, 9.17) is 5.73 Å². The van der Waals surface area contributed by atoms with Gasteiger partial charge in [0.05, 0.1) is 6.54 Å². The van der Waals surface area contributed by atoms with Crippen LogP contribution in [0.3, 0.4) is 0 Å². The highest BCUT2D eigenvalue weighted by Crippen LogP contribution is 2.27. The van der Waals surface area contributed by atoms with Gasteiger partial charge < -0.3 is 15.5 Å². The average Bonchev–Trinajstić information content (AvgIpc) is 2.32. The van der Waals surface area contributed by atoms with Crippen molar-refractivity contribution in [2.45, 2.75) is 13.0 Å². The Kier molecular flexibility index (Phi) is 3.52. The fourth-order valence-electron chi connectivity index (χ4n) is 2.14. The quantitative estimate of drug-likeness (QED) is 0.857. The fourth-order valence-corrected chi connectivity index (χ4v) is 2.14. The van der Waals surface area contributed by atoms with Gasteiger partial charge in [0.15, 0.2) is 0 Å². The third-order valence-electron chi connectivity index (χ3n) is 3.28. The Balaban J connectivity index is 2.30. The van der Waals surface area contributed by atoms with Crippen LogP contribution in [0, 0.1) is 5.82 Å². The van der Waals surface area contributed by atoms with E-state index in [1.54, 1.807) is 18.0 Å². The summed E-state index contributed by atoms with van der Waals surface area (Å²) in [7, 11) is 1.79. The predicted molar refractivity (Wildman–Crippen MR) is 68.9 cm³/mol. The molecule has 5 heteroatoms. The summed E-state index contributed by atoms with van der Waals surface area (Å²) in [5.74, 6) is -0.229. The molecule has 0 saturated carbocycles. The molecule has 4 nitrogen and oxygen atoms in total. The van der Waals surface area contributed by atoms with Crippen molar-refractivity contribution in [1.82, 2.24) is 4.90 Å². The smallest absolute Gasteiger partial charge is 0.241 e. The molecule has 1 fully saturated rings. The summed E-state index contributed by atoms with van der Waals surface area (Å²) in [6.07, 6.45) is 0. The van der Waals surface area contributed by atoms with Crippen molar-refractivity contribution in [3.05, 3.63) is 29.6 Å². The molecule has 18 heavy (non-hydrogen) atoms. The molecule has 0 spiro atoms. The van der Waals surface area contributed by atoms with Crippen molar-refractivity contribution >= 4 is 11.6 Å². The third kappa shape index (κ3) is 2.46. The summed E-state index contributed by atoms with van der Waals surface area (Å²) in [4.78, 5) is 15.4. The lowest BCUT2D eigenvalue weighted by Crippen LogP contribution is -2.49. The summed E-state index contributed by atoms with van der Waals surface area (Å²) in [5, 5.41) is 0. The van der Waals surface area contributed by atoms with Crippen LogP contribution in [-0.2, 0) is 4.79 Å². The largest absolute Gasteiger partial charge is 0.360 e. The molecular formula is C13H18FN3O. The van der Waals surface area contributed by atoms with E-state index < -0.39 is 0 Å². The number of carbonyl (C=O) groups excluding carboxylic acids is 1. The van der Waals surface area contributed by atoms with Crippen LogP contribution >= 0.6 is 0 Å². The normalized spacial score (nSPS) is 18.1. The molecule has 98 valence electrons. The van der Waals surface area contributed by atoms with E-state index in [-0.39, 0.29) is 17.8 Å². The van der Waals surface area contributed by atoms with Crippen LogP contribution in [0.15, 0.2) is 18.2 Å². The van der Waals surface area contributed by atoms with Crippen molar-refractivity contribution in [3.63, 3.8) is 0 Å². The Labute approximate surface area is 106 Å². The Morgan fingerprint density at radius 1 is 1.39 bits per heavy atom. The van der Waals surface area contributed by atoms with Crippen LogP contribution in [-0.4, -0.2) is 37.5 Å². The number of carbonyl (C=O) groups is 1. The first-order chi connectivity index (χ1) is 8.49. The molecule has 1 aliphatic rings. The van der Waals surface area contributed by atoms with Crippen molar-refractivity contribution in [1.29, 1.82) is 0 Å². The van der Waals surface area contributed by atoms with Crippen molar-refractivity contribution < 1.29 is 9.18 Å². The van der Waals surface area contributed by atoms with Gasteiger partial charge in [0, 0.05) is 31.9 Å². The molecule has 1 heterocycles. The van der Waals surface area contributed by atoms with E-state index in [2.05, 4.69) is 0 Å². The summed E-state index contributed by atoms with van der Waals surface area (Å²) >= 11 is 0. The maximum Gasteiger partial charge on any atom is 0.241 e. The van der Waals surface area contributed by atoms with Gasteiger partial charge in [-0.2, -0.15) is 0 Å². The number of likely N-dealkylation sites (N-methyl/N-ethyl adjacent to an activating group) is 1. The van der Waals surface area contributed by atoms with Crippen molar-refractivity contribution in [3.8, 4) is 0 Å². The minimum absolute atomic E-state index is 0.0706. The van der Waals surface area contributed by atoms with Gasteiger partial charge in [0.2, 0.25) is 5.91 Å². The predicted octanol–water partition coefficient (Wildman–Crippen LogP) is 1.12. The monoisotopic (exact) mass is 251 g/mol. The molecule has 0 bridgehead atoms. The minimum atomic E-state index is -0.300. The first kappa shape index (κ1) is 12.8. The van der Waals surface area contributed by atoms with Crippen molar-refractivity contribution in [2.75, 3.05) is 31.6 Å². The van der Waals surface area contributed by atoms with Gasteiger partial charge in [-0.15, -0.1) is 0 Å². The maximum atomic E-state index is 13.3. The lowest BCUT2D eigenvalue weighted by molar-refractivity contribution is -0.129. The van der Waals surface area contributed by atoms with Crippen LogP contribution in [0.1, 0.15) is 18.5 Å². The highest BCUT2D eigenvalue weighted by Gasteiger charge is 2.23. The molecule has 1 unspecified atom stereocenters. The number of halogens is 1. The van der Waals surface area contributed by atoms with Crippen LogP contribution in [0.5, 0.6) is 0 Å².